The van der Waals surface area contributed by atoms with Gasteiger partial charge in [-0.1, -0.05) is 30.3 Å². The zero-order valence-electron chi connectivity index (χ0n) is 17.9. The summed E-state index contributed by atoms with van der Waals surface area (Å²) in [6.45, 7) is 3.66. The molecule has 0 spiro atoms. The summed E-state index contributed by atoms with van der Waals surface area (Å²) in [5.41, 5.74) is -0.820. The van der Waals surface area contributed by atoms with Crippen molar-refractivity contribution in [2.75, 3.05) is 11.5 Å². The minimum Gasteiger partial charge on any atom is -0.348 e. The first kappa shape index (κ1) is 22.0. The number of hydrogen-bond donors (Lipinski definition) is 1. The van der Waals surface area contributed by atoms with Crippen molar-refractivity contribution < 1.29 is 13.2 Å². The van der Waals surface area contributed by atoms with Gasteiger partial charge in [-0.3, -0.25) is 14.2 Å². The van der Waals surface area contributed by atoms with E-state index >= 15 is 0 Å². The number of aryl methyl sites for hydroxylation is 1. The van der Waals surface area contributed by atoms with Gasteiger partial charge in [-0.05, 0) is 25.8 Å². The van der Waals surface area contributed by atoms with E-state index in [0.29, 0.717) is 6.54 Å². The molecule has 3 heterocycles. The second kappa shape index (κ2) is 8.05. The highest BCUT2D eigenvalue weighted by Crippen LogP contribution is 2.22. The zero-order chi connectivity index (χ0) is 23.1. The minimum absolute atomic E-state index is 0.00471. The first-order chi connectivity index (χ1) is 15.1. The molecule has 3 aromatic rings. The standard InChI is InChI=1S/C21H25N5O5S/c1-3-24-14-22-18-17(24)19(28)26(20(29)25(18)11-15-7-5-4-6-8-15)12-16(27)23-21(2)9-10-32(30,31)13-21/h4-8,14H,3,9-13H2,1-2H3,(H,23,27). The second-order valence-corrected chi connectivity index (χ2v) is 10.6. The SMILES string of the molecule is CCn1cnc2c1c(=O)n(CC(=O)NC1(C)CCS(=O)(=O)C1)c(=O)n2Cc1ccccc1. The van der Waals surface area contributed by atoms with Gasteiger partial charge in [-0.2, -0.15) is 0 Å². The number of carbonyl (C=O) groups excluding carboxylic acids is 1. The normalized spacial score (nSPS) is 19.9. The van der Waals surface area contributed by atoms with Crippen LogP contribution < -0.4 is 16.6 Å². The molecule has 2 aromatic heterocycles. The van der Waals surface area contributed by atoms with Crippen molar-refractivity contribution in [3.8, 4) is 0 Å². The van der Waals surface area contributed by atoms with Gasteiger partial charge in [0.1, 0.15) is 6.54 Å². The molecule has 0 bridgehead atoms. The number of nitrogens with zero attached hydrogens (tertiary/aromatic N) is 4. The number of sulfone groups is 1. The summed E-state index contributed by atoms with van der Waals surface area (Å²) in [5, 5.41) is 2.71. The Morgan fingerprint density at radius 1 is 1.19 bits per heavy atom. The van der Waals surface area contributed by atoms with Crippen molar-refractivity contribution in [1.29, 1.82) is 0 Å². The van der Waals surface area contributed by atoms with Crippen molar-refractivity contribution in [2.24, 2.45) is 0 Å². The van der Waals surface area contributed by atoms with E-state index in [1.165, 1.54) is 10.9 Å². The van der Waals surface area contributed by atoms with E-state index in [9.17, 15) is 22.8 Å². The Kier molecular flexibility index (Phi) is 5.53. The highest BCUT2D eigenvalue weighted by molar-refractivity contribution is 7.91. The molecule has 1 aliphatic heterocycles. The van der Waals surface area contributed by atoms with E-state index in [1.807, 2.05) is 37.3 Å². The van der Waals surface area contributed by atoms with Gasteiger partial charge in [0.2, 0.25) is 5.91 Å². The molecule has 10 nitrogen and oxygen atoms in total. The first-order valence-corrected chi connectivity index (χ1v) is 12.2. The molecule has 1 aliphatic rings. The molecule has 1 atom stereocenters. The summed E-state index contributed by atoms with van der Waals surface area (Å²) in [5.74, 6) is -0.757. The van der Waals surface area contributed by atoms with Gasteiger partial charge in [0.05, 0.1) is 29.9 Å². The van der Waals surface area contributed by atoms with Gasteiger partial charge in [0.15, 0.2) is 21.0 Å². The lowest BCUT2D eigenvalue weighted by Crippen LogP contribution is -2.51. The molecular weight excluding hydrogens is 434 g/mol. The number of benzene rings is 1. The number of fused-ring (bicyclic) bond motifs is 1. The van der Waals surface area contributed by atoms with Crippen molar-refractivity contribution in [2.45, 2.75) is 45.4 Å². The van der Waals surface area contributed by atoms with Crippen molar-refractivity contribution in [1.82, 2.24) is 24.0 Å². The molecule has 11 heteroatoms. The molecule has 1 saturated heterocycles. The van der Waals surface area contributed by atoms with E-state index in [2.05, 4.69) is 10.3 Å². The summed E-state index contributed by atoms with van der Waals surface area (Å²) < 4.78 is 27.6. The second-order valence-electron chi connectivity index (χ2n) is 8.40. The molecule has 0 aliphatic carbocycles. The Morgan fingerprint density at radius 2 is 1.91 bits per heavy atom. The maximum atomic E-state index is 13.3. The summed E-state index contributed by atoms with van der Waals surface area (Å²) in [7, 11) is -3.22. The molecule has 1 amide bonds. The van der Waals surface area contributed by atoms with Crippen molar-refractivity contribution in [3.63, 3.8) is 0 Å². The number of amides is 1. The molecule has 1 aromatic carbocycles. The zero-order valence-corrected chi connectivity index (χ0v) is 18.8. The van der Waals surface area contributed by atoms with Gasteiger partial charge < -0.3 is 9.88 Å². The van der Waals surface area contributed by atoms with Gasteiger partial charge in [-0.25, -0.2) is 22.8 Å². The number of rotatable bonds is 6. The Hall–Kier alpha value is -3.21. The van der Waals surface area contributed by atoms with E-state index in [0.717, 1.165) is 10.1 Å². The van der Waals surface area contributed by atoms with Crippen LogP contribution in [0.1, 0.15) is 25.8 Å². The van der Waals surface area contributed by atoms with E-state index < -0.39 is 39.1 Å². The molecule has 1 unspecified atom stereocenters. The first-order valence-electron chi connectivity index (χ1n) is 10.4. The third-order valence-corrected chi connectivity index (χ3v) is 7.66. The quantitative estimate of drug-likeness (QED) is 0.558. The van der Waals surface area contributed by atoms with Crippen LogP contribution in [0.5, 0.6) is 0 Å². The lowest BCUT2D eigenvalue weighted by Gasteiger charge is -2.24. The average molecular weight is 460 g/mol. The summed E-state index contributed by atoms with van der Waals surface area (Å²) in [4.78, 5) is 43.5. The van der Waals surface area contributed by atoms with Crippen LogP contribution in [0, 0.1) is 0 Å². The number of hydrogen-bond acceptors (Lipinski definition) is 6. The van der Waals surface area contributed by atoms with Gasteiger partial charge >= 0.3 is 5.69 Å². The van der Waals surface area contributed by atoms with Crippen LogP contribution in [0.4, 0.5) is 0 Å². The monoisotopic (exact) mass is 459 g/mol. The van der Waals surface area contributed by atoms with Crippen LogP contribution in [0.3, 0.4) is 0 Å². The molecule has 0 saturated carbocycles. The predicted molar refractivity (Wildman–Crippen MR) is 119 cm³/mol. The number of imidazole rings is 1. The molecule has 1 fully saturated rings. The highest BCUT2D eigenvalue weighted by Gasteiger charge is 2.39. The Bertz CT molecular complexity index is 1400. The van der Waals surface area contributed by atoms with E-state index in [1.54, 1.807) is 11.5 Å². The van der Waals surface area contributed by atoms with Crippen LogP contribution >= 0.6 is 0 Å². The molecular formula is C21H25N5O5S. The third kappa shape index (κ3) is 4.12. The fourth-order valence-electron chi connectivity index (χ4n) is 4.16. The van der Waals surface area contributed by atoms with Crippen molar-refractivity contribution in [3.05, 3.63) is 63.1 Å². The van der Waals surface area contributed by atoms with E-state index in [-0.39, 0.29) is 35.6 Å². The van der Waals surface area contributed by atoms with Crippen LogP contribution in [-0.4, -0.2) is 50.1 Å². The fourth-order valence-corrected chi connectivity index (χ4v) is 6.25. The van der Waals surface area contributed by atoms with Gasteiger partial charge in [0, 0.05) is 6.54 Å². The number of nitrogens with one attached hydrogen (secondary N) is 1. The summed E-state index contributed by atoms with van der Waals surface area (Å²) >= 11 is 0. The van der Waals surface area contributed by atoms with Crippen LogP contribution in [0.15, 0.2) is 46.2 Å². The van der Waals surface area contributed by atoms with Crippen LogP contribution in [-0.2, 0) is 34.3 Å². The molecule has 32 heavy (non-hydrogen) atoms. The maximum absolute atomic E-state index is 13.3. The van der Waals surface area contributed by atoms with Crippen LogP contribution in [0.25, 0.3) is 11.2 Å². The topological polar surface area (TPSA) is 125 Å². The molecule has 170 valence electrons. The number of carbonyl (C=O) groups is 1. The summed E-state index contributed by atoms with van der Waals surface area (Å²) in [6.07, 6.45) is 1.79. The Morgan fingerprint density at radius 3 is 2.53 bits per heavy atom. The predicted octanol–water partition coefficient (Wildman–Crippen LogP) is 0.121. The van der Waals surface area contributed by atoms with Crippen molar-refractivity contribution >= 4 is 26.9 Å². The van der Waals surface area contributed by atoms with Gasteiger partial charge in [-0.15, -0.1) is 0 Å². The lowest BCUT2D eigenvalue weighted by atomic mass is 10.0. The van der Waals surface area contributed by atoms with Gasteiger partial charge in [0.25, 0.3) is 5.56 Å². The smallest absolute Gasteiger partial charge is 0.333 e. The maximum Gasteiger partial charge on any atom is 0.333 e. The molecule has 0 radical (unpaired) electrons. The third-order valence-electron chi connectivity index (χ3n) is 5.75. The molecule has 1 N–H and O–H groups in total. The van der Waals surface area contributed by atoms with Crippen LogP contribution in [0.2, 0.25) is 0 Å². The Labute approximate surface area is 184 Å². The fraction of sp³-hybridized carbons (Fsp3) is 0.429. The highest BCUT2D eigenvalue weighted by atomic mass is 32.2. The molecule has 4 rings (SSSR count). The number of aromatic nitrogens is 4. The lowest BCUT2D eigenvalue weighted by molar-refractivity contribution is -0.123. The largest absolute Gasteiger partial charge is 0.348 e. The minimum atomic E-state index is -3.22. The average Bonchev–Trinajstić information content (AvgIpc) is 3.29. The van der Waals surface area contributed by atoms with E-state index in [4.69, 9.17) is 0 Å². The summed E-state index contributed by atoms with van der Waals surface area (Å²) in [6, 6.07) is 9.28. The Balaban J connectivity index is 1.75.